The third-order valence-electron chi connectivity index (χ3n) is 10.2. The van der Waals surface area contributed by atoms with Gasteiger partial charge in [0.1, 0.15) is 12.6 Å². The van der Waals surface area contributed by atoms with Gasteiger partial charge in [-0.2, -0.15) is 0 Å². The topological polar surface area (TPSA) is 102 Å². The summed E-state index contributed by atoms with van der Waals surface area (Å²) in [5.41, 5.74) is 0. The summed E-state index contributed by atoms with van der Waals surface area (Å²) in [7, 11) is 5.41. The number of esters is 2. The molecule has 0 saturated heterocycles. The van der Waals surface area contributed by atoms with E-state index >= 15 is 0 Å². The summed E-state index contributed by atoms with van der Waals surface area (Å²) in [5, 5.41) is 11.6. The van der Waals surface area contributed by atoms with Crippen LogP contribution in [0.4, 0.5) is 0 Å². The van der Waals surface area contributed by atoms with Crippen LogP contribution in [0.2, 0.25) is 0 Å². The molecule has 52 heavy (non-hydrogen) atoms. The third kappa shape index (κ3) is 34.1. The summed E-state index contributed by atoms with van der Waals surface area (Å²) in [5.74, 6) is -1.73. The predicted molar refractivity (Wildman–Crippen MR) is 213 cm³/mol. The molecule has 0 saturated carbocycles. The van der Waals surface area contributed by atoms with E-state index in [1.165, 1.54) is 141 Å². The van der Waals surface area contributed by atoms with Crippen molar-refractivity contribution in [2.45, 2.75) is 225 Å². The highest BCUT2D eigenvalue weighted by Gasteiger charge is 2.25. The zero-order valence-corrected chi connectivity index (χ0v) is 35.0. The highest BCUT2D eigenvalue weighted by molar-refractivity contribution is 5.70. The Hall–Kier alpha value is -1.67. The molecule has 2 atom stereocenters. The van der Waals surface area contributed by atoms with Crippen LogP contribution in [0, 0.1) is 0 Å². The third-order valence-corrected chi connectivity index (χ3v) is 10.2. The molecule has 0 radical (unpaired) electrons. The number of carboxylic acid groups (broad SMARTS) is 1. The fourth-order valence-corrected chi connectivity index (χ4v) is 6.78. The van der Waals surface area contributed by atoms with Gasteiger partial charge in [-0.1, -0.05) is 181 Å². The molecule has 0 rings (SSSR count). The molecule has 0 aromatic heterocycles. The van der Waals surface area contributed by atoms with Gasteiger partial charge in [0.25, 0.3) is 0 Å². The summed E-state index contributed by atoms with van der Waals surface area (Å²) in [6.45, 7) is 4.63. The molecular formula is C44H85NO7. The Morgan fingerprint density at radius 1 is 0.500 bits per heavy atom. The number of carboxylic acids is 1. The summed E-state index contributed by atoms with van der Waals surface area (Å²) in [6.07, 6.45) is 35.9. The number of aliphatic carboxylic acids is 1. The van der Waals surface area contributed by atoms with Gasteiger partial charge in [-0.15, -0.1) is 0 Å². The molecule has 0 N–H and O–H groups in total. The lowest BCUT2D eigenvalue weighted by Gasteiger charge is -2.34. The number of nitrogens with zero attached hydrogens (tertiary/aromatic N) is 1. The minimum Gasteiger partial charge on any atom is -0.544 e. The minimum atomic E-state index is -1.12. The first kappa shape index (κ1) is 50.3. The van der Waals surface area contributed by atoms with Gasteiger partial charge in [-0.05, 0) is 12.8 Å². The van der Waals surface area contributed by atoms with Crippen LogP contribution in [0.15, 0.2) is 0 Å². The average Bonchev–Trinajstić information content (AvgIpc) is 3.09. The van der Waals surface area contributed by atoms with Crippen LogP contribution in [-0.2, 0) is 28.6 Å². The minimum absolute atomic E-state index is 0.0479. The Bertz CT molecular complexity index is 828. The fourth-order valence-electron chi connectivity index (χ4n) is 6.78. The number of carbonyl (C=O) groups is 3. The highest BCUT2D eigenvalue weighted by atomic mass is 16.6. The molecule has 0 fully saturated rings. The van der Waals surface area contributed by atoms with E-state index in [1.807, 2.05) is 0 Å². The van der Waals surface area contributed by atoms with Crippen molar-refractivity contribution in [2.75, 3.05) is 41.0 Å². The van der Waals surface area contributed by atoms with E-state index in [-0.39, 0.29) is 42.7 Å². The molecule has 0 bridgehead atoms. The van der Waals surface area contributed by atoms with E-state index in [1.54, 1.807) is 21.1 Å². The fraction of sp³-hybridized carbons (Fsp3) is 0.932. The van der Waals surface area contributed by atoms with Gasteiger partial charge in [-0.3, -0.25) is 9.59 Å². The van der Waals surface area contributed by atoms with Gasteiger partial charge in [0.05, 0.1) is 40.3 Å². The number of unbranched alkanes of at least 4 members (excludes halogenated alkanes) is 26. The number of rotatable bonds is 40. The average molecular weight is 740 g/mol. The molecule has 0 aliphatic heterocycles. The van der Waals surface area contributed by atoms with E-state index in [0.717, 1.165) is 38.5 Å². The first-order chi connectivity index (χ1) is 25.1. The molecule has 0 heterocycles. The maximum Gasteiger partial charge on any atom is 0.306 e. The Morgan fingerprint density at radius 2 is 0.846 bits per heavy atom. The zero-order chi connectivity index (χ0) is 38.5. The van der Waals surface area contributed by atoms with Crippen LogP contribution in [0.3, 0.4) is 0 Å². The SMILES string of the molecule is CCCCCCCCCCCCCCCCCCCCCCCCC(=O)OC(COCCC(C(=O)[O-])[N+](C)(C)C)COC(=O)CCCCCCCC. The Kier molecular flexibility index (Phi) is 35.1. The second-order valence-corrected chi connectivity index (χ2v) is 16.3. The van der Waals surface area contributed by atoms with Gasteiger partial charge < -0.3 is 28.6 Å². The Morgan fingerprint density at radius 3 is 1.19 bits per heavy atom. The molecular weight excluding hydrogens is 654 g/mol. The van der Waals surface area contributed by atoms with Gasteiger partial charge in [0.2, 0.25) is 0 Å². The second-order valence-electron chi connectivity index (χ2n) is 16.3. The van der Waals surface area contributed by atoms with Crippen LogP contribution in [-0.4, -0.2) is 75.5 Å². The summed E-state index contributed by atoms with van der Waals surface area (Å²) >= 11 is 0. The Balaban J connectivity index is 4.07. The first-order valence-corrected chi connectivity index (χ1v) is 22.1. The van der Waals surface area contributed by atoms with Gasteiger partial charge >= 0.3 is 11.9 Å². The van der Waals surface area contributed by atoms with Crippen molar-refractivity contribution in [3.63, 3.8) is 0 Å². The predicted octanol–water partition coefficient (Wildman–Crippen LogP) is 10.4. The number of likely N-dealkylation sites (N-methyl/N-ethyl adjacent to an activating group) is 1. The molecule has 0 aliphatic rings. The largest absolute Gasteiger partial charge is 0.544 e. The number of ether oxygens (including phenoxy) is 3. The van der Waals surface area contributed by atoms with Gasteiger partial charge in [-0.25, -0.2) is 0 Å². The number of hydrogen-bond acceptors (Lipinski definition) is 7. The van der Waals surface area contributed by atoms with Crippen LogP contribution in [0.1, 0.15) is 213 Å². The Labute approximate surface area is 321 Å². The van der Waals surface area contributed by atoms with Crippen LogP contribution >= 0.6 is 0 Å². The summed E-state index contributed by atoms with van der Waals surface area (Å²) in [6, 6.07) is -0.718. The number of hydrogen-bond donors (Lipinski definition) is 0. The second kappa shape index (κ2) is 36.3. The number of carbonyl (C=O) groups excluding carboxylic acids is 3. The lowest BCUT2D eigenvalue weighted by Crippen LogP contribution is -2.55. The maximum absolute atomic E-state index is 12.7. The standard InChI is InChI=1S/C44H85NO7/c1-6-8-10-12-14-15-16-17-18-19-20-21-22-23-24-25-26-27-28-29-31-33-35-43(47)52-40(38-50-37-36-41(44(48)49)45(3,4)5)39-51-42(46)34-32-30-13-11-9-7-2/h40-41H,6-39H2,1-5H3. The molecule has 2 unspecified atom stereocenters. The van der Waals surface area contributed by atoms with Gasteiger partial charge in [0, 0.05) is 19.3 Å². The zero-order valence-electron chi connectivity index (χ0n) is 35.0. The lowest BCUT2D eigenvalue weighted by molar-refractivity contribution is -0.889. The molecule has 0 aromatic rings. The van der Waals surface area contributed by atoms with Crippen LogP contribution in [0.25, 0.3) is 0 Å². The van der Waals surface area contributed by atoms with E-state index in [9.17, 15) is 19.5 Å². The summed E-state index contributed by atoms with van der Waals surface area (Å²) in [4.78, 5) is 36.6. The number of quaternary nitrogens is 1. The molecule has 0 aliphatic carbocycles. The molecule has 0 aromatic carbocycles. The van der Waals surface area contributed by atoms with E-state index in [0.29, 0.717) is 12.8 Å². The van der Waals surface area contributed by atoms with E-state index in [2.05, 4.69) is 13.8 Å². The van der Waals surface area contributed by atoms with E-state index < -0.39 is 18.1 Å². The highest BCUT2D eigenvalue weighted by Crippen LogP contribution is 2.16. The van der Waals surface area contributed by atoms with Crippen LogP contribution < -0.4 is 5.11 Å². The molecule has 0 spiro atoms. The van der Waals surface area contributed by atoms with Crippen molar-refractivity contribution in [1.82, 2.24) is 0 Å². The van der Waals surface area contributed by atoms with Crippen molar-refractivity contribution in [2.24, 2.45) is 0 Å². The first-order valence-electron chi connectivity index (χ1n) is 22.1. The normalized spacial score (nSPS) is 12.9. The monoisotopic (exact) mass is 740 g/mol. The van der Waals surface area contributed by atoms with Crippen molar-refractivity contribution in [3.05, 3.63) is 0 Å². The molecule has 8 heteroatoms. The summed E-state index contributed by atoms with van der Waals surface area (Å²) < 4.78 is 17.1. The van der Waals surface area contributed by atoms with E-state index in [4.69, 9.17) is 14.2 Å². The molecule has 0 amide bonds. The van der Waals surface area contributed by atoms with Crippen molar-refractivity contribution in [1.29, 1.82) is 0 Å². The molecule has 8 nitrogen and oxygen atoms in total. The van der Waals surface area contributed by atoms with Gasteiger partial charge in [0.15, 0.2) is 6.10 Å². The smallest absolute Gasteiger partial charge is 0.306 e. The van der Waals surface area contributed by atoms with Crippen molar-refractivity contribution in [3.8, 4) is 0 Å². The quantitative estimate of drug-likeness (QED) is 0.0350. The van der Waals surface area contributed by atoms with Crippen molar-refractivity contribution >= 4 is 17.9 Å². The lowest BCUT2D eigenvalue weighted by atomic mass is 10.0. The molecule has 308 valence electrons. The maximum atomic E-state index is 12.7. The van der Waals surface area contributed by atoms with Crippen LogP contribution in [0.5, 0.6) is 0 Å². The van der Waals surface area contributed by atoms with Crippen molar-refractivity contribution < 1.29 is 38.2 Å².